The molecule has 0 amide bonds. The number of halogens is 1. The summed E-state index contributed by atoms with van der Waals surface area (Å²) < 4.78 is 0. The van der Waals surface area contributed by atoms with Crippen molar-refractivity contribution in [2.75, 3.05) is 0 Å². The van der Waals surface area contributed by atoms with Crippen molar-refractivity contribution >= 4 is 23.0 Å². The van der Waals surface area contributed by atoms with Gasteiger partial charge in [-0.3, -0.25) is 4.79 Å². The Morgan fingerprint density at radius 3 is 1.88 bits per heavy atom. The standard InChI is InChI=1S/C22H17ClO/c1-16-7-9-17(10-8-16)21(18-11-13-20(23)14-12-18)15-22(24)19-5-3-2-4-6-19/h2-15H,1H3/b21-15-. The van der Waals surface area contributed by atoms with E-state index in [2.05, 4.69) is 0 Å². The van der Waals surface area contributed by atoms with E-state index in [4.69, 9.17) is 11.6 Å². The van der Waals surface area contributed by atoms with Crippen molar-refractivity contribution < 1.29 is 4.79 Å². The number of rotatable bonds is 4. The third-order valence-electron chi connectivity index (χ3n) is 3.85. The van der Waals surface area contributed by atoms with Crippen molar-refractivity contribution in [1.29, 1.82) is 0 Å². The van der Waals surface area contributed by atoms with E-state index in [-0.39, 0.29) is 5.78 Å². The van der Waals surface area contributed by atoms with E-state index in [1.807, 2.05) is 85.8 Å². The zero-order valence-electron chi connectivity index (χ0n) is 13.4. The highest BCUT2D eigenvalue weighted by molar-refractivity contribution is 6.30. The lowest BCUT2D eigenvalue weighted by Crippen LogP contribution is -1.98. The van der Waals surface area contributed by atoms with Gasteiger partial charge in [-0.15, -0.1) is 0 Å². The van der Waals surface area contributed by atoms with Gasteiger partial charge in [-0.25, -0.2) is 0 Å². The molecule has 0 N–H and O–H groups in total. The van der Waals surface area contributed by atoms with Gasteiger partial charge < -0.3 is 0 Å². The smallest absolute Gasteiger partial charge is 0.186 e. The summed E-state index contributed by atoms with van der Waals surface area (Å²) in [6.45, 7) is 2.05. The molecule has 0 spiro atoms. The second kappa shape index (κ2) is 7.29. The predicted molar refractivity (Wildman–Crippen MR) is 100 cm³/mol. The predicted octanol–water partition coefficient (Wildman–Crippen LogP) is 5.96. The van der Waals surface area contributed by atoms with Crippen molar-refractivity contribution in [2.45, 2.75) is 6.92 Å². The first-order valence-corrected chi connectivity index (χ1v) is 8.15. The monoisotopic (exact) mass is 332 g/mol. The number of aryl methyl sites for hydroxylation is 1. The molecule has 118 valence electrons. The molecular weight excluding hydrogens is 316 g/mol. The second-order valence-corrected chi connectivity index (χ2v) is 6.10. The summed E-state index contributed by atoms with van der Waals surface area (Å²) in [6, 6.07) is 25.0. The minimum Gasteiger partial charge on any atom is -0.289 e. The molecular formula is C22H17ClO. The molecule has 0 aliphatic heterocycles. The molecule has 0 radical (unpaired) electrons. The summed E-state index contributed by atoms with van der Waals surface area (Å²) in [7, 11) is 0. The van der Waals surface area contributed by atoms with Crippen LogP contribution in [0.3, 0.4) is 0 Å². The molecule has 0 aliphatic carbocycles. The average molecular weight is 333 g/mol. The van der Waals surface area contributed by atoms with E-state index in [9.17, 15) is 4.79 Å². The van der Waals surface area contributed by atoms with Gasteiger partial charge in [0.25, 0.3) is 0 Å². The van der Waals surface area contributed by atoms with Gasteiger partial charge >= 0.3 is 0 Å². The quantitative estimate of drug-likeness (QED) is 0.425. The molecule has 0 saturated heterocycles. The van der Waals surface area contributed by atoms with E-state index < -0.39 is 0 Å². The number of hydrogen-bond acceptors (Lipinski definition) is 1. The Morgan fingerprint density at radius 2 is 1.29 bits per heavy atom. The van der Waals surface area contributed by atoms with Crippen molar-refractivity contribution in [3.05, 3.63) is 112 Å². The lowest BCUT2D eigenvalue weighted by molar-refractivity contribution is 0.104. The fourth-order valence-electron chi connectivity index (χ4n) is 2.51. The molecule has 0 saturated carbocycles. The number of carbonyl (C=O) groups is 1. The van der Waals surface area contributed by atoms with Gasteiger partial charge in [-0.2, -0.15) is 0 Å². The molecule has 0 bridgehead atoms. The molecule has 24 heavy (non-hydrogen) atoms. The van der Waals surface area contributed by atoms with Crippen LogP contribution in [0.25, 0.3) is 5.57 Å². The van der Waals surface area contributed by atoms with Crippen molar-refractivity contribution in [1.82, 2.24) is 0 Å². The fraction of sp³-hybridized carbons (Fsp3) is 0.0455. The van der Waals surface area contributed by atoms with Crippen LogP contribution in [0.15, 0.2) is 84.9 Å². The van der Waals surface area contributed by atoms with Crippen LogP contribution in [0.4, 0.5) is 0 Å². The van der Waals surface area contributed by atoms with E-state index in [0.717, 1.165) is 16.7 Å². The fourth-order valence-corrected chi connectivity index (χ4v) is 2.64. The molecule has 0 unspecified atom stereocenters. The highest BCUT2D eigenvalue weighted by Crippen LogP contribution is 2.26. The molecule has 0 aliphatic rings. The summed E-state index contributed by atoms with van der Waals surface area (Å²) in [4.78, 5) is 12.6. The molecule has 3 rings (SSSR count). The summed E-state index contributed by atoms with van der Waals surface area (Å²) >= 11 is 6.00. The van der Waals surface area contributed by atoms with Crippen molar-refractivity contribution in [3.8, 4) is 0 Å². The minimum absolute atomic E-state index is 0.0128. The van der Waals surface area contributed by atoms with Gasteiger partial charge in [0.1, 0.15) is 0 Å². The normalized spacial score (nSPS) is 11.3. The third kappa shape index (κ3) is 3.81. The Bertz CT molecular complexity index is 813. The Labute approximate surface area is 147 Å². The summed E-state index contributed by atoms with van der Waals surface area (Å²) in [5.41, 5.74) is 4.72. The SMILES string of the molecule is Cc1ccc(/C(=C/C(=O)c2ccccc2)c2ccc(Cl)cc2)cc1. The number of hydrogen-bond donors (Lipinski definition) is 0. The zero-order valence-corrected chi connectivity index (χ0v) is 14.1. The molecule has 2 heteroatoms. The second-order valence-electron chi connectivity index (χ2n) is 5.66. The summed E-state index contributed by atoms with van der Waals surface area (Å²) in [6.07, 6.45) is 1.70. The Balaban J connectivity index is 2.07. The number of benzene rings is 3. The van der Waals surface area contributed by atoms with Crippen LogP contribution in [0.5, 0.6) is 0 Å². The van der Waals surface area contributed by atoms with Crippen LogP contribution < -0.4 is 0 Å². The number of carbonyl (C=O) groups excluding carboxylic acids is 1. The topological polar surface area (TPSA) is 17.1 Å². The highest BCUT2D eigenvalue weighted by atomic mass is 35.5. The maximum Gasteiger partial charge on any atom is 0.186 e. The van der Waals surface area contributed by atoms with E-state index in [1.54, 1.807) is 6.08 Å². The zero-order chi connectivity index (χ0) is 16.9. The molecule has 3 aromatic carbocycles. The summed E-state index contributed by atoms with van der Waals surface area (Å²) in [5, 5.41) is 0.677. The largest absolute Gasteiger partial charge is 0.289 e. The third-order valence-corrected chi connectivity index (χ3v) is 4.10. The van der Waals surface area contributed by atoms with Crippen LogP contribution in [0.1, 0.15) is 27.0 Å². The lowest BCUT2D eigenvalue weighted by Gasteiger charge is -2.09. The first-order chi connectivity index (χ1) is 11.6. The van der Waals surface area contributed by atoms with Crippen LogP contribution in [0.2, 0.25) is 5.02 Å². The molecule has 0 heterocycles. The van der Waals surface area contributed by atoms with E-state index in [1.165, 1.54) is 5.56 Å². The minimum atomic E-state index is -0.0128. The van der Waals surface area contributed by atoms with Gasteiger partial charge in [-0.1, -0.05) is 83.9 Å². The lowest BCUT2D eigenvalue weighted by atomic mass is 9.95. The Morgan fingerprint density at radius 1 is 0.750 bits per heavy atom. The molecule has 0 atom stereocenters. The number of ketones is 1. The maximum atomic E-state index is 12.6. The molecule has 1 nitrogen and oxygen atoms in total. The summed E-state index contributed by atoms with van der Waals surface area (Å²) in [5.74, 6) is -0.0128. The first-order valence-electron chi connectivity index (χ1n) is 7.77. The Hall–Kier alpha value is -2.64. The van der Waals surface area contributed by atoms with E-state index >= 15 is 0 Å². The van der Waals surface area contributed by atoms with Gasteiger partial charge in [-0.05, 0) is 41.8 Å². The van der Waals surface area contributed by atoms with Crippen molar-refractivity contribution in [3.63, 3.8) is 0 Å². The number of allylic oxidation sites excluding steroid dienone is 1. The van der Waals surface area contributed by atoms with Crippen LogP contribution in [-0.2, 0) is 0 Å². The molecule has 0 aromatic heterocycles. The van der Waals surface area contributed by atoms with E-state index in [0.29, 0.717) is 10.6 Å². The van der Waals surface area contributed by atoms with Crippen LogP contribution in [-0.4, -0.2) is 5.78 Å². The van der Waals surface area contributed by atoms with Gasteiger partial charge in [0, 0.05) is 10.6 Å². The Kier molecular flexibility index (Phi) is 4.93. The maximum absolute atomic E-state index is 12.6. The van der Waals surface area contributed by atoms with Gasteiger partial charge in [0.2, 0.25) is 0 Å². The molecule has 3 aromatic rings. The highest BCUT2D eigenvalue weighted by Gasteiger charge is 2.09. The molecule has 0 fully saturated rings. The average Bonchev–Trinajstić information content (AvgIpc) is 2.62. The van der Waals surface area contributed by atoms with Crippen molar-refractivity contribution in [2.24, 2.45) is 0 Å². The van der Waals surface area contributed by atoms with Crippen LogP contribution in [0, 0.1) is 6.92 Å². The van der Waals surface area contributed by atoms with Gasteiger partial charge in [0.05, 0.1) is 0 Å². The van der Waals surface area contributed by atoms with Gasteiger partial charge in [0.15, 0.2) is 5.78 Å². The first kappa shape index (κ1) is 16.2. The van der Waals surface area contributed by atoms with Crippen LogP contribution >= 0.6 is 11.6 Å².